The molecule has 5 heteroatoms. The zero-order valence-electron chi connectivity index (χ0n) is 12.8. The van der Waals surface area contributed by atoms with Crippen LogP contribution in [0.3, 0.4) is 0 Å². The molecule has 0 saturated carbocycles. The molecule has 0 spiro atoms. The second-order valence-corrected chi connectivity index (χ2v) is 5.88. The maximum Gasteiger partial charge on any atom is 0.237 e. The highest BCUT2D eigenvalue weighted by Crippen LogP contribution is 2.20. The topological polar surface area (TPSA) is 52.7 Å². The minimum Gasteiger partial charge on any atom is -0.353 e. The Morgan fingerprint density at radius 1 is 1.16 bits per heavy atom. The Labute approximate surface area is 116 Å². The van der Waals surface area contributed by atoms with Crippen LogP contribution in [0.25, 0.3) is 0 Å². The van der Waals surface area contributed by atoms with Crippen LogP contribution in [0.1, 0.15) is 33.6 Å². The van der Waals surface area contributed by atoms with Gasteiger partial charge >= 0.3 is 0 Å². The Kier molecular flexibility index (Phi) is 5.79. The Balaban J connectivity index is 2.45. The first-order valence-electron chi connectivity index (χ1n) is 7.08. The summed E-state index contributed by atoms with van der Waals surface area (Å²) in [5, 5.41) is 2.94. The quantitative estimate of drug-likeness (QED) is 0.817. The highest BCUT2D eigenvalue weighted by molar-refractivity contribution is 5.81. The van der Waals surface area contributed by atoms with Gasteiger partial charge in [0.15, 0.2) is 0 Å². The van der Waals surface area contributed by atoms with Crippen molar-refractivity contribution in [2.45, 2.75) is 45.7 Å². The normalized spacial score (nSPS) is 19.3. The van der Waals surface area contributed by atoms with Crippen molar-refractivity contribution in [1.82, 2.24) is 15.1 Å². The van der Waals surface area contributed by atoms with Crippen LogP contribution in [0, 0.1) is 5.92 Å². The lowest BCUT2D eigenvalue weighted by Gasteiger charge is -2.35. The average molecular weight is 269 g/mol. The number of hydrogen-bond donors (Lipinski definition) is 1. The Bertz CT molecular complexity index is 321. The van der Waals surface area contributed by atoms with E-state index in [0.29, 0.717) is 0 Å². The molecule has 2 amide bonds. The third-order valence-electron chi connectivity index (χ3n) is 3.68. The number of rotatable bonds is 4. The van der Waals surface area contributed by atoms with E-state index in [9.17, 15) is 9.59 Å². The van der Waals surface area contributed by atoms with Crippen LogP contribution in [0.4, 0.5) is 0 Å². The maximum absolute atomic E-state index is 11.9. The number of nitrogens with zero attached hydrogens (tertiary/aromatic N) is 2. The van der Waals surface area contributed by atoms with Gasteiger partial charge < -0.3 is 10.2 Å². The smallest absolute Gasteiger partial charge is 0.237 e. The molecule has 0 aliphatic carbocycles. The van der Waals surface area contributed by atoms with Gasteiger partial charge in [-0.1, -0.05) is 0 Å². The maximum atomic E-state index is 11.9. The Morgan fingerprint density at radius 3 is 2.11 bits per heavy atom. The SMILES string of the molecule is CC(C)NC(=O)C(C)N1CCC(C(=O)N(C)C)CC1. The lowest BCUT2D eigenvalue weighted by atomic mass is 9.94. The summed E-state index contributed by atoms with van der Waals surface area (Å²) >= 11 is 0. The van der Waals surface area contributed by atoms with Crippen molar-refractivity contribution in [2.75, 3.05) is 27.2 Å². The van der Waals surface area contributed by atoms with Crippen molar-refractivity contribution >= 4 is 11.8 Å². The number of nitrogens with one attached hydrogen (secondary N) is 1. The van der Waals surface area contributed by atoms with Crippen molar-refractivity contribution in [2.24, 2.45) is 5.92 Å². The molecule has 1 saturated heterocycles. The van der Waals surface area contributed by atoms with Gasteiger partial charge in [0.1, 0.15) is 0 Å². The van der Waals surface area contributed by atoms with Gasteiger partial charge in [-0.25, -0.2) is 0 Å². The minimum atomic E-state index is -0.113. The van der Waals surface area contributed by atoms with Gasteiger partial charge in [0.05, 0.1) is 6.04 Å². The van der Waals surface area contributed by atoms with E-state index in [1.807, 2.05) is 20.8 Å². The Hall–Kier alpha value is -1.10. The molecule has 1 rings (SSSR count). The molecule has 19 heavy (non-hydrogen) atoms. The third-order valence-corrected chi connectivity index (χ3v) is 3.68. The zero-order chi connectivity index (χ0) is 14.6. The van der Waals surface area contributed by atoms with Gasteiger partial charge in [-0.15, -0.1) is 0 Å². The lowest BCUT2D eigenvalue weighted by molar-refractivity contribution is -0.135. The van der Waals surface area contributed by atoms with Crippen LogP contribution in [0.2, 0.25) is 0 Å². The second kappa shape index (κ2) is 6.89. The molecule has 0 bridgehead atoms. The molecule has 1 N–H and O–H groups in total. The van der Waals surface area contributed by atoms with Gasteiger partial charge in [-0.3, -0.25) is 14.5 Å². The van der Waals surface area contributed by atoms with E-state index < -0.39 is 0 Å². The average Bonchev–Trinajstić information content (AvgIpc) is 2.36. The number of carbonyl (C=O) groups is 2. The number of piperidine rings is 1. The van der Waals surface area contributed by atoms with Crippen LogP contribution < -0.4 is 5.32 Å². The summed E-state index contributed by atoms with van der Waals surface area (Å²) in [5.74, 6) is 0.401. The van der Waals surface area contributed by atoms with Gasteiger partial charge in [0, 0.05) is 26.1 Å². The molecule has 0 radical (unpaired) electrons. The third kappa shape index (κ3) is 4.49. The van der Waals surface area contributed by atoms with Crippen molar-refractivity contribution in [3.63, 3.8) is 0 Å². The molecule has 1 fully saturated rings. The molecule has 110 valence electrons. The van der Waals surface area contributed by atoms with Crippen LogP contribution in [-0.2, 0) is 9.59 Å². The van der Waals surface area contributed by atoms with Crippen molar-refractivity contribution in [3.05, 3.63) is 0 Å². The van der Waals surface area contributed by atoms with Crippen LogP contribution >= 0.6 is 0 Å². The second-order valence-electron chi connectivity index (χ2n) is 5.88. The molecule has 0 aromatic rings. The van der Waals surface area contributed by atoms with Crippen LogP contribution in [0.5, 0.6) is 0 Å². The molecule has 0 aromatic heterocycles. The highest BCUT2D eigenvalue weighted by atomic mass is 16.2. The first-order valence-corrected chi connectivity index (χ1v) is 7.08. The van der Waals surface area contributed by atoms with E-state index in [-0.39, 0.29) is 29.8 Å². The first kappa shape index (κ1) is 16.0. The van der Waals surface area contributed by atoms with Crippen molar-refractivity contribution in [1.29, 1.82) is 0 Å². The fourth-order valence-electron chi connectivity index (χ4n) is 2.47. The molecule has 5 nitrogen and oxygen atoms in total. The zero-order valence-corrected chi connectivity index (χ0v) is 12.8. The molecule has 1 atom stereocenters. The number of hydrogen-bond acceptors (Lipinski definition) is 3. The summed E-state index contributed by atoms with van der Waals surface area (Å²) in [6, 6.07) is 0.0561. The standard InChI is InChI=1S/C14H27N3O2/c1-10(2)15-13(18)11(3)17-8-6-12(7-9-17)14(19)16(4)5/h10-12H,6-9H2,1-5H3,(H,15,18). The van der Waals surface area contributed by atoms with Crippen molar-refractivity contribution < 1.29 is 9.59 Å². The first-order chi connectivity index (χ1) is 8.82. The molecular formula is C14H27N3O2. The molecule has 1 unspecified atom stereocenters. The number of carbonyl (C=O) groups excluding carboxylic acids is 2. The van der Waals surface area contributed by atoms with Crippen LogP contribution in [0.15, 0.2) is 0 Å². The van der Waals surface area contributed by atoms with E-state index in [0.717, 1.165) is 25.9 Å². The molecule has 1 aliphatic heterocycles. The molecule has 1 heterocycles. The van der Waals surface area contributed by atoms with E-state index in [2.05, 4.69) is 10.2 Å². The lowest BCUT2D eigenvalue weighted by Crippen LogP contribution is -2.50. The van der Waals surface area contributed by atoms with Gasteiger partial charge in [-0.05, 0) is 46.7 Å². The highest BCUT2D eigenvalue weighted by Gasteiger charge is 2.30. The van der Waals surface area contributed by atoms with E-state index in [1.165, 1.54) is 0 Å². The van der Waals surface area contributed by atoms with E-state index in [4.69, 9.17) is 0 Å². The molecular weight excluding hydrogens is 242 g/mol. The summed E-state index contributed by atoms with van der Waals surface area (Å²) in [7, 11) is 3.60. The largest absolute Gasteiger partial charge is 0.353 e. The number of amides is 2. The summed E-state index contributed by atoms with van der Waals surface area (Å²) in [6.07, 6.45) is 1.69. The monoisotopic (exact) mass is 269 g/mol. The van der Waals surface area contributed by atoms with E-state index in [1.54, 1.807) is 19.0 Å². The summed E-state index contributed by atoms with van der Waals surface area (Å²) in [4.78, 5) is 27.7. The fraction of sp³-hybridized carbons (Fsp3) is 0.857. The minimum absolute atomic E-state index is 0.0763. The number of likely N-dealkylation sites (tertiary alicyclic amines) is 1. The van der Waals surface area contributed by atoms with Gasteiger partial charge in [0.2, 0.25) is 11.8 Å². The fourth-order valence-corrected chi connectivity index (χ4v) is 2.47. The van der Waals surface area contributed by atoms with Crippen molar-refractivity contribution in [3.8, 4) is 0 Å². The summed E-state index contributed by atoms with van der Waals surface area (Å²) in [6.45, 7) is 7.50. The molecule has 0 aromatic carbocycles. The van der Waals surface area contributed by atoms with Gasteiger partial charge in [0.25, 0.3) is 0 Å². The van der Waals surface area contributed by atoms with Crippen LogP contribution in [-0.4, -0.2) is 60.9 Å². The predicted molar refractivity (Wildman–Crippen MR) is 75.7 cm³/mol. The Morgan fingerprint density at radius 2 is 1.68 bits per heavy atom. The summed E-state index contributed by atoms with van der Waals surface area (Å²) in [5.41, 5.74) is 0. The summed E-state index contributed by atoms with van der Waals surface area (Å²) < 4.78 is 0. The predicted octanol–water partition coefficient (Wildman–Crippen LogP) is 0.700. The van der Waals surface area contributed by atoms with E-state index >= 15 is 0 Å². The van der Waals surface area contributed by atoms with Gasteiger partial charge in [-0.2, -0.15) is 0 Å². The molecule has 1 aliphatic rings.